The van der Waals surface area contributed by atoms with Gasteiger partial charge in [-0.25, -0.2) is 0 Å². The molecule has 1 aromatic heterocycles. The van der Waals surface area contributed by atoms with Gasteiger partial charge in [0.05, 0.1) is 12.8 Å². The van der Waals surface area contributed by atoms with Crippen molar-refractivity contribution in [3.63, 3.8) is 0 Å². The Labute approximate surface area is 99.1 Å². The summed E-state index contributed by atoms with van der Waals surface area (Å²) in [4.78, 5) is 0. The lowest BCUT2D eigenvalue weighted by Gasteiger charge is -2.05. The van der Waals surface area contributed by atoms with E-state index in [9.17, 15) is 0 Å². The summed E-state index contributed by atoms with van der Waals surface area (Å²) in [7, 11) is 0. The summed E-state index contributed by atoms with van der Waals surface area (Å²) in [5.41, 5.74) is 2.05. The smallest absolute Gasteiger partial charge is 0.120 e. The van der Waals surface area contributed by atoms with Crippen molar-refractivity contribution >= 4 is 12.2 Å². The quantitative estimate of drug-likeness (QED) is 0.826. The fourth-order valence-corrected chi connectivity index (χ4v) is 1.65. The molecule has 2 aromatic rings. The van der Waals surface area contributed by atoms with Crippen LogP contribution in [0.3, 0.4) is 0 Å². The van der Waals surface area contributed by atoms with Crippen LogP contribution in [0.4, 0.5) is 0 Å². The summed E-state index contributed by atoms with van der Waals surface area (Å²) in [5, 5.41) is 6.68. The molecule has 0 fully saturated rings. The van der Waals surface area contributed by atoms with Crippen LogP contribution in [0.25, 0.3) is 11.1 Å². The highest BCUT2D eigenvalue weighted by Gasteiger charge is 1.99. The third kappa shape index (κ3) is 2.46. The lowest BCUT2D eigenvalue weighted by Crippen LogP contribution is -1.91. The van der Waals surface area contributed by atoms with E-state index in [1.165, 1.54) is 0 Å². The fourth-order valence-electron chi connectivity index (χ4n) is 1.47. The molecule has 0 radical (unpaired) electrons. The van der Waals surface area contributed by atoms with Gasteiger partial charge in [0.1, 0.15) is 10.4 Å². The molecule has 16 heavy (non-hydrogen) atoms. The molecule has 0 amide bonds. The Hall–Kier alpha value is -1.68. The molecule has 0 aliphatic rings. The van der Waals surface area contributed by atoms with E-state index in [-0.39, 0.29) is 0 Å². The lowest BCUT2D eigenvalue weighted by molar-refractivity contribution is 0.340. The molecule has 2 rings (SSSR count). The fraction of sp³-hybridized carbons (Fsp3) is 0.167. The largest absolute Gasteiger partial charge is 0.494 e. The molecule has 4 heteroatoms. The molecule has 1 heterocycles. The Bertz CT molecular complexity index is 536. The predicted octanol–water partition coefficient (Wildman–Crippen LogP) is 3.20. The third-order valence-corrected chi connectivity index (χ3v) is 2.35. The van der Waals surface area contributed by atoms with Crippen LogP contribution in [-0.2, 0) is 0 Å². The Balaban J connectivity index is 2.40. The molecule has 1 aromatic carbocycles. The Morgan fingerprint density at radius 3 is 2.94 bits per heavy atom. The van der Waals surface area contributed by atoms with E-state index in [0.29, 0.717) is 11.2 Å². The number of nitrogens with zero attached hydrogens (tertiary/aromatic N) is 1. The minimum absolute atomic E-state index is 0.624. The van der Waals surface area contributed by atoms with Crippen molar-refractivity contribution in [1.29, 1.82) is 0 Å². The molecule has 0 saturated heterocycles. The van der Waals surface area contributed by atoms with Crippen LogP contribution >= 0.6 is 12.2 Å². The zero-order chi connectivity index (χ0) is 11.4. The summed E-state index contributed by atoms with van der Waals surface area (Å²) in [6.45, 7) is 2.63. The molecule has 3 nitrogen and oxygen atoms in total. The first-order valence-electron chi connectivity index (χ1n) is 5.07. The Kier molecular flexibility index (Phi) is 3.31. The van der Waals surface area contributed by atoms with Gasteiger partial charge in [0, 0.05) is 5.56 Å². The number of ether oxygens (including phenoxy) is 1. The Morgan fingerprint density at radius 1 is 1.31 bits per heavy atom. The minimum atomic E-state index is 0.624. The monoisotopic (exact) mass is 232 g/mol. The summed E-state index contributed by atoms with van der Waals surface area (Å²) < 4.78 is 6.07. The number of hydrogen-bond donors (Lipinski definition) is 1. The minimum Gasteiger partial charge on any atom is -0.494 e. The van der Waals surface area contributed by atoms with Crippen molar-refractivity contribution in [3.05, 3.63) is 41.2 Å². The molecule has 0 aliphatic heterocycles. The third-order valence-electron chi connectivity index (χ3n) is 2.14. The topological polar surface area (TPSA) is 37.9 Å². The molecule has 0 atom stereocenters. The van der Waals surface area contributed by atoms with Crippen LogP contribution < -0.4 is 4.74 Å². The van der Waals surface area contributed by atoms with Crippen molar-refractivity contribution < 1.29 is 4.74 Å². The number of H-pyrrole nitrogens is 1. The number of aromatic amines is 1. The van der Waals surface area contributed by atoms with Gasteiger partial charge in [-0.3, -0.25) is 5.10 Å². The number of rotatable bonds is 3. The van der Waals surface area contributed by atoms with Crippen molar-refractivity contribution in [2.45, 2.75) is 6.92 Å². The summed E-state index contributed by atoms with van der Waals surface area (Å²) in [5.74, 6) is 0.860. The van der Waals surface area contributed by atoms with Crippen LogP contribution in [0.15, 0.2) is 36.5 Å². The van der Waals surface area contributed by atoms with Gasteiger partial charge in [-0.15, -0.1) is 0 Å². The highest BCUT2D eigenvalue weighted by atomic mass is 32.1. The lowest BCUT2D eigenvalue weighted by atomic mass is 10.1. The standard InChI is InChI=1S/C12H12N2OS/c1-2-15-11-5-3-4-9(6-11)10-7-12(16)14-13-8-10/h3-8H,2H2,1H3,(H,14,16). The summed E-state index contributed by atoms with van der Waals surface area (Å²) in [6.07, 6.45) is 1.75. The van der Waals surface area contributed by atoms with Crippen LogP contribution in [0.1, 0.15) is 6.92 Å². The average Bonchev–Trinajstić information content (AvgIpc) is 2.30. The maximum atomic E-state index is 5.44. The second kappa shape index (κ2) is 4.90. The second-order valence-electron chi connectivity index (χ2n) is 3.29. The second-order valence-corrected chi connectivity index (χ2v) is 3.73. The predicted molar refractivity (Wildman–Crippen MR) is 66.0 cm³/mol. The van der Waals surface area contributed by atoms with Gasteiger partial charge in [0.15, 0.2) is 0 Å². The Morgan fingerprint density at radius 2 is 2.19 bits per heavy atom. The number of hydrogen-bond acceptors (Lipinski definition) is 3. The van der Waals surface area contributed by atoms with E-state index >= 15 is 0 Å². The van der Waals surface area contributed by atoms with E-state index in [1.807, 2.05) is 37.3 Å². The molecular formula is C12H12N2OS. The van der Waals surface area contributed by atoms with E-state index < -0.39 is 0 Å². The molecule has 0 bridgehead atoms. The maximum absolute atomic E-state index is 5.44. The average molecular weight is 232 g/mol. The van der Waals surface area contributed by atoms with Crippen LogP contribution in [-0.4, -0.2) is 16.8 Å². The number of aromatic nitrogens is 2. The van der Waals surface area contributed by atoms with E-state index in [0.717, 1.165) is 16.9 Å². The first kappa shape index (κ1) is 10.8. The first-order chi connectivity index (χ1) is 7.79. The van der Waals surface area contributed by atoms with Gasteiger partial charge >= 0.3 is 0 Å². The zero-order valence-corrected chi connectivity index (χ0v) is 9.75. The van der Waals surface area contributed by atoms with E-state index in [2.05, 4.69) is 10.2 Å². The van der Waals surface area contributed by atoms with Crippen LogP contribution in [0, 0.1) is 4.64 Å². The van der Waals surface area contributed by atoms with Crippen molar-refractivity contribution in [2.75, 3.05) is 6.61 Å². The van der Waals surface area contributed by atoms with Crippen LogP contribution in [0.5, 0.6) is 5.75 Å². The maximum Gasteiger partial charge on any atom is 0.120 e. The van der Waals surface area contributed by atoms with Crippen molar-refractivity contribution in [1.82, 2.24) is 10.2 Å². The van der Waals surface area contributed by atoms with Crippen LogP contribution in [0.2, 0.25) is 0 Å². The van der Waals surface area contributed by atoms with Crippen molar-refractivity contribution in [2.24, 2.45) is 0 Å². The van der Waals surface area contributed by atoms with Gasteiger partial charge in [-0.1, -0.05) is 24.4 Å². The molecule has 0 aliphatic carbocycles. The zero-order valence-electron chi connectivity index (χ0n) is 8.93. The van der Waals surface area contributed by atoms with E-state index in [1.54, 1.807) is 6.20 Å². The van der Waals surface area contributed by atoms with Gasteiger partial charge in [-0.05, 0) is 30.7 Å². The SMILES string of the molecule is CCOc1cccc(-c2cn[nH]c(=S)c2)c1. The number of nitrogens with one attached hydrogen (secondary N) is 1. The normalized spacial score (nSPS) is 10.1. The van der Waals surface area contributed by atoms with Gasteiger partial charge in [-0.2, -0.15) is 5.10 Å². The summed E-state index contributed by atoms with van der Waals surface area (Å²) >= 11 is 5.03. The molecule has 82 valence electrons. The van der Waals surface area contributed by atoms with E-state index in [4.69, 9.17) is 17.0 Å². The highest BCUT2D eigenvalue weighted by molar-refractivity contribution is 7.71. The summed E-state index contributed by atoms with van der Waals surface area (Å²) in [6, 6.07) is 9.77. The number of benzene rings is 1. The highest BCUT2D eigenvalue weighted by Crippen LogP contribution is 2.22. The molecule has 0 saturated carbocycles. The molecule has 0 spiro atoms. The van der Waals surface area contributed by atoms with Gasteiger partial charge < -0.3 is 4.74 Å². The molecular weight excluding hydrogens is 220 g/mol. The van der Waals surface area contributed by atoms with Gasteiger partial charge in [0.2, 0.25) is 0 Å². The van der Waals surface area contributed by atoms with Crippen molar-refractivity contribution in [3.8, 4) is 16.9 Å². The van der Waals surface area contributed by atoms with Gasteiger partial charge in [0.25, 0.3) is 0 Å². The first-order valence-corrected chi connectivity index (χ1v) is 5.48. The molecule has 0 unspecified atom stereocenters. The molecule has 1 N–H and O–H groups in total.